The van der Waals surface area contributed by atoms with E-state index in [9.17, 15) is 14.0 Å². The lowest BCUT2D eigenvalue weighted by Gasteiger charge is -2.15. The number of rotatable bonds is 3. The number of hydrogen-bond donors (Lipinski definition) is 0. The molecule has 0 spiro atoms. The molecule has 25 heavy (non-hydrogen) atoms. The Bertz CT molecular complexity index is 953. The second-order valence-corrected chi connectivity index (χ2v) is 6.24. The van der Waals surface area contributed by atoms with Crippen LogP contribution < -0.4 is 0 Å². The molecule has 3 aromatic rings. The monoisotopic (exact) mass is 336 g/mol. The minimum absolute atomic E-state index is 0.333. The van der Waals surface area contributed by atoms with Gasteiger partial charge in [0.2, 0.25) is 0 Å². The Kier molecular flexibility index (Phi) is 3.84. The third kappa shape index (κ3) is 2.71. The predicted octanol–water partition coefficient (Wildman–Crippen LogP) is 3.55. The molecule has 1 aliphatic heterocycles. The molecule has 1 aliphatic rings. The van der Waals surface area contributed by atoms with Crippen LogP contribution in [0.1, 0.15) is 23.3 Å². The Morgan fingerprint density at radius 3 is 2.40 bits per heavy atom. The van der Waals surface area contributed by atoms with E-state index in [4.69, 9.17) is 0 Å². The molecule has 0 bridgehead atoms. The van der Waals surface area contributed by atoms with Crippen molar-refractivity contribution in [3.63, 3.8) is 0 Å². The van der Waals surface area contributed by atoms with Crippen LogP contribution in [0.4, 0.5) is 4.39 Å². The van der Waals surface area contributed by atoms with E-state index in [0.717, 1.165) is 18.4 Å². The standard InChI is InChI=1S/C20H17FN2O2/c21-15-8-6-14(7-9-15)17-13-16-5-1-2-12-23(16)18(17)19(24)20(25)22-10-3-4-11-22/h1-2,5-9,12-13H,3-4,10-11H2. The minimum Gasteiger partial charge on any atom is -0.336 e. The summed E-state index contributed by atoms with van der Waals surface area (Å²) < 4.78 is 15.0. The Labute approximate surface area is 144 Å². The van der Waals surface area contributed by atoms with E-state index in [1.165, 1.54) is 12.1 Å². The smallest absolute Gasteiger partial charge is 0.296 e. The summed E-state index contributed by atoms with van der Waals surface area (Å²) >= 11 is 0. The number of fused-ring (bicyclic) bond motifs is 1. The fourth-order valence-electron chi connectivity index (χ4n) is 3.37. The molecule has 0 N–H and O–H groups in total. The number of pyridine rings is 1. The highest BCUT2D eigenvalue weighted by Crippen LogP contribution is 2.29. The van der Waals surface area contributed by atoms with Crippen LogP contribution >= 0.6 is 0 Å². The van der Waals surface area contributed by atoms with Crippen molar-refractivity contribution in [1.29, 1.82) is 0 Å². The van der Waals surface area contributed by atoms with Gasteiger partial charge in [0.25, 0.3) is 11.7 Å². The van der Waals surface area contributed by atoms with Crippen LogP contribution in [-0.2, 0) is 4.79 Å². The maximum atomic E-state index is 13.3. The number of hydrogen-bond acceptors (Lipinski definition) is 2. The highest BCUT2D eigenvalue weighted by Gasteiger charge is 2.29. The van der Waals surface area contributed by atoms with Crippen LogP contribution in [0.2, 0.25) is 0 Å². The molecule has 3 heterocycles. The van der Waals surface area contributed by atoms with Crippen LogP contribution in [-0.4, -0.2) is 34.1 Å². The summed E-state index contributed by atoms with van der Waals surface area (Å²) in [5.41, 5.74) is 2.50. The molecule has 0 saturated carbocycles. The number of likely N-dealkylation sites (tertiary alicyclic amines) is 1. The molecule has 2 aromatic heterocycles. The maximum Gasteiger partial charge on any atom is 0.296 e. The molecule has 1 saturated heterocycles. The molecule has 1 amide bonds. The molecular formula is C20H17FN2O2. The molecule has 0 aliphatic carbocycles. The van der Waals surface area contributed by atoms with Crippen molar-refractivity contribution in [1.82, 2.24) is 9.30 Å². The molecule has 4 nitrogen and oxygen atoms in total. The molecule has 0 atom stereocenters. The summed E-state index contributed by atoms with van der Waals surface area (Å²) in [5.74, 6) is -1.33. The van der Waals surface area contributed by atoms with Gasteiger partial charge < -0.3 is 9.30 Å². The van der Waals surface area contributed by atoms with Gasteiger partial charge in [-0.1, -0.05) is 18.2 Å². The fraction of sp³-hybridized carbons (Fsp3) is 0.200. The second-order valence-electron chi connectivity index (χ2n) is 6.24. The summed E-state index contributed by atoms with van der Waals surface area (Å²) in [4.78, 5) is 27.2. The number of nitrogens with zero attached hydrogens (tertiary/aromatic N) is 2. The topological polar surface area (TPSA) is 41.8 Å². The number of aromatic nitrogens is 1. The van der Waals surface area contributed by atoms with E-state index in [0.29, 0.717) is 29.9 Å². The van der Waals surface area contributed by atoms with Gasteiger partial charge in [0.05, 0.1) is 0 Å². The first-order chi connectivity index (χ1) is 12.1. The van der Waals surface area contributed by atoms with Crippen LogP contribution in [0.25, 0.3) is 16.6 Å². The number of carbonyl (C=O) groups is 2. The van der Waals surface area contributed by atoms with Crippen molar-refractivity contribution in [2.24, 2.45) is 0 Å². The van der Waals surface area contributed by atoms with Crippen molar-refractivity contribution in [3.05, 3.63) is 66.2 Å². The highest BCUT2D eigenvalue weighted by atomic mass is 19.1. The number of amides is 1. The lowest BCUT2D eigenvalue weighted by atomic mass is 10.0. The first-order valence-electron chi connectivity index (χ1n) is 8.35. The van der Waals surface area contributed by atoms with Gasteiger partial charge in [-0.05, 0) is 48.7 Å². The summed E-state index contributed by atoms with van der Waals surface area (Å²) in [7, 11) is 0. The van der Waals surface area contributed by atoms with E-state index in [-0.39, 0.29) is 5.82 Å². The Hall–Kier alpha value is -2.95. The van der Waals surface area contributed by atoms with Crippen molar-refractivity contribution >= 4 is 17.2 Å². The summed E-state index contributed by atoms with van der Waals surface area (Å²) in [6.07, 6.45) is 3.63. The van der Waals surface area contributed by atoms with Gasteiger partial charge in [0, 0.05) is 30.4 Å². The van der Waals surface area contributed by atoms with Crippen LogP contribution in [0.3, 0.4) is 0 Å². The molecule has 5 heteroatoms. The van der Waals surface area contributed by atoms with E-state index in [1.54, 1.807) is 27.6 Å². The normalized spacial score (nSPS) is 14.2. The van der Waals surface area contributed by atoms with E-state index in [2.05, 4.69) is 0 Å². The van der Waals surface area contributed by atoms with Gasteiger partial charge in [0.15, 0.2) is 0 Å². The third-order valence-corrected chi connectivity index (χ3v) is 4.64. The summed E-state index contributed by atoms with van der Waals surface area (Å²) in [6.45, 7) is 1.25. The van der Waals surface area contributed by atoms with Crippen LogP contribution in [0.15, 0.2) is 54.7 Å². The van der Waals surface area contributed by atoms with Gasteiger partial charge in [-0.2, -0.15) is 0 Å². The van der Waals surface area contributed by atoms with Crippen LogP contribution in [0, 0.1) is 5.82 Å². The van der Waals surface area contributed by atoms with Crippen LogP contribution in [0.5, 0.6) is 0 Å². The number of ketones is 1. The lowest BCUT2D eigenvalue weighted by molar-refractivity contribution is -0.125. The van der Waals surface area contributed by atoms with Gasteiger partial charge in [-0.3, -0.25) is 9.59 Å². The third-order valence-electron chi connectivity index (χ3n) is 4.64. The van der Waals surface area contributed by atoms with Gasteiger partial charge in [-0.15, -0.1) is 0 Å². The second kappa shape index (κ2) is 6.16. The van der Waals surface area contributed by atoms with Crippen molar-refractivity contribution in [2.75, 3.05) is 13.1 Å². The molecule has 4 rings (SSSR count). The maximum absolute atomic E-state index is 13.3. The lowest BCUT2D eigenvalue weighted by Crippen LogP contribution is -2.34. The number of Topliss-reactive ketones (excluding diaryl/α,β-unsaturated/α-hetero) is 1. The van der Waals surface area contributed by atoms with Gasteiger partial charge >= 0.3 is 0 Å². The molecule has 1 fully saturated rings. The molecule has 126 valence electrons. The largest absolute Gasteiger partial charge is 0.336 e. The molecule has 1 aromatic carbocycles. The summed E-state index contributed by atoms with van der Waals surface area (Å²) in [6, 6.07) is 13.4. The number of carbonyl (C=O) groups excluding carboxylic acids is 2. The molecule has 0 radical (unpaired) electrons. The van der Waals surface area contributed by atoms with Crippen molar-refractivity contribution in [2.45, 2.75) is 12.8 Å². The van der Waals surface area contributed by atoms with Gasteiger partial charge in [0.1, 0.15) is 11.5 Å². The first-order valence-corrected chi connectivity index (χ1v) is 8.35. The predicted molar refractivity (Wildman–Crippen MR) is 92.9 cm³/mol. The zero-order valence-corrected chi connectivity index (χ0v) is 13.6. The minimum atomic E-state index is -0.521. The Morgan fingerprint density at radius 2 is 1.68 bits per heavy atom. The first kappa shape index (κ1) is 15.6. The zero-order chi connectivity index (χ0) is 17.4. The van der Waals surface area contributed by atoms with E-state index >= 15 is 0 Å². The van der Waals surface area contributed by atoms with E-state index in [1.807, 2.05) is 24.3 Å². The average Bonchev–Trinajstić information content (AvgIpc) is 3.29. The van der Waals surface area contributed by atoms with Gasteiger partial charge in [-0.25, -0.2) is 4.39 Å². The average molecular weight is 336 g/mol. The summed E-state index contributed by atoms with van der Waals surface area (Å²) in [5, 5.41) is 0. The van der Waals surface area contributed by atoms with E-state index < -0.39 is 11.7 Å². The van der Waals surface area contributed by atoms with Crippen molar-refractivity contribution in [3.8, 4) is 11.1 Å². The number of benzene rings is 1. The molecular weight excluding hydrogens is 319 g/mol. The van der Waals surface area contributed by atoms with Crippen molar-refractivity contribution < 1.29 is 14.0 Å². The fourth-order valence-corrected chi connectivity index (χ4v) is 3.37. The SMILES string of the molecule is O=C(C(=O)N1CCCC1)c1c(-c2ccc(F)cc2)cc2ccccn12. The highest BCUT2D eigenvalue weighted by molar-refractivity contribution is 6.43. The Balaban J connectivity index is 1.85. The quantitative estimate of drug-likeness (QED) is 0.542. The number of halogens is 1. The Morgan fingerprint density at radius 1 is 0.960 bits per heavy atom. The zero-order valence-electron chi connectivity index (χ0n) is 13.6. The molecule has 0 unspecified atom stereocenters.